The average molecular weight is 905 g/mol. The van der Waals surface area contributed by atoms with Gasteiger partial charge in [-0.25, -0.2) is 0 Å². The zero-order valence-electron chi connectivity index (χ0n) is 18.6. The number of carbonyl (C=O) groups is 1. The topological polar surface area (TPSA) is 77.0 Å². The van der Waals surface area contributed by atoms with Crippen molar-refractivity contribution in [1.82, 2.24) is 5.32 Å². The Hall–Kier alpha value is 0.350. The highest BCUT2D eigenvalue weighted by Crippen LogP contribution is 2.37. The fourth-order valence-corrected chi connectivity index (χ4v) is 7.08. The molecule has 2 unspecified atom stereocenters. The van der Waals surface area contributed by atoms with Gasteiger partial charge in [-0.2, -0.15) is 0 Å². The molecule has 182 valence electrons. The Morgan fingerprint density at radius 2 is 1.55 bits per heavy atom. The van der Waals surface area contributed by atoms with E-state index in [4.69, 9.17) is 14.2 Å². The second-order valence-corrected chi connectivity index (χ2v) is 11.8. The monoisotopic (exact) mass is 905 g/mol. The lowest BCUT2D eigenvalue weighted by molar-refractivity contribution is -0.145. The molecule has 2 aromatic carbocycles. The zero-order chi connectivity index (χ0) is 24.5. The molecule has 0 saturated carbocycles. The molecule has 2 aromatic rings. The van der Waals surface area contributed by atoms with Gasteiger partial charge in [-0.05, 0) is 147 Å². The molecule has 2 rings (SSSR count). The second-order valence-electron chi connectivity index (χ2n) is 7.15. The van der Waals surface area contributed by atoms with Crippen LogP contribution >= 0.6 is 90.4 Å². The molecule has 0 fully saturated rings. The predicted molar refractivity (Wildman–Crippen MR) is 163 cm³/mol. The van der Waals surface area contributed by atoms with Crippen LogP contribution in [0.15, 0.2) is 24.3 Å². The Morgan fingerprint density at radius 1 is 0.970 bits per heavy atom. The summed E-state index contributed by atoms with van der Waals surface area (Å²) in [6, 6.07) is 7.56. The van der Waals surface area contributed by atoms with Gasteiger partial charge in [0.1, 0.15) is 24.1 Å². The lowest BCUT2D eigenvalue weighted by Gasteiger charge is -2.18. The van der Waals surface area contributed by atoms with E-state index in [1.54, 1.807) is 0 Å². The molecule has 0 aliphatic heterocycles. The molecule has 0 spiro atoms. The molecule has 2 N–H and O–H groups in total. The first-order valence-electron chi connectivity index (χ1n) is 10.6. The lowest BCUT2D eigenvalue weighted by Crippen LogP contribution is -2.39. The van der Waals surface area contributed by atoms with Crippen LogP contribution in [0.1, 0.15) is 32.8 Å². The van der Waals surface area contributed by atoms with Crippen molar-refractivity contribution in [2.45, 2.75) is 45.8 Å². The molecular formula is C23H27I4NO5. The SMILES string of the molecule is CCNC(Cc1cc(I)c(Oc2cc(I)c(OCC(O)CC)c(I)c2)c(I)c1)C(=O)OCC. The Morgan fingerprint density at radius 3 is 2.06 bits per heavy atom. The van der Waals surface area contributed by atoms with Crippen molar-refractivity contribution in [3.05, 3.63) is 44.1 Å². The van der Waals surface area contributed by atoms with E-state index in [1.165, 1.54) is 0 Å². The minimum absolute atomic E-state index is 0.234. The maximum Gasteiger partial charge on any atom is 0.323 e. The molecule has 0 aromatic heterocycles. The van der Waals surface area contributed by atoms with Crippen LogP contribution in [-0.2, 0) is 16.0 Å². The van der Waals surface area contributed by atoms with Crippen LogP contribution in [0.4, 0.5) is 0 Å². The number of hydrogen-bond donors (Lipinski definition) is 2. The third-order valence-corrected chi connectivity index (χ3v) is 7.81. The van der Waals surface area contributed by atoms with Crippen LogP contribution < -0.4 is 14.8 Å². The van der Waals surface area contributed by atoms with Gasteiger partial charge in [0.05, 0.1) is 27.0 Å². The first-order chi connectivity index (χ1) is 15.7. The molecule has 2 atom stereocenters. The number of benzene rings is 2. The summed E-state index contributed by atoms with van der Waals surface area (Å²) >= 11 is 8.98. The molecular weight excluding hydrogens is 878 g/mol. The first-order valence-corrected chi connectivity index (χ1v) is 14.9. The van der Waals surface area contributed by atoms with E-state index in [0.717, 1.165) is 31.3 Å². The van der Waals surface area contributed by atoms with Gasteiger partial charge in [0.15, 0.2) is 5.75 Å². The molecule has 0 bridgehead atoms. The maximum atomic E-state index is 12.3. The number of halogens is 4. The minimum Gasteiger partial charge on any atom is -0.489 e. The van der Waals surface area contributed by atoms with Gasteiger partial charge >= 0.3 is 5.97 Å². The van der Waals surface area contributed by atoms with Gasteiger partial charge < -0.3 is 24.6 Å². The Balaban J connectivity index is 2.21. The van der Waals surface area contributed by atoms with E-state index in [0.29, 0.717) is 31.7 Å². The number of rotatable bonds is 12. The van der Waals surface area contributed by atoms with Crippen LogP contribution in [0, 0.1) is 14.3 Å². The summed E-state index contributed by atoms with van der Waals surface area (Å²) in [6.45, 7) is 7.03. The molecule has 0 aliphatic rings. The van der Waals surface area contributed by atoms with Gasteiger partial charge in [-0.1, -0.05) is 13.8 Å². The number of esters is 1. The van der Waals surface area contributed by atoms with Crippen molar-refractivity contribution in [2.75, 3.05) is 19.8 Å². The molecule has 0 radical (unpaired) electrons. The van der Waals surface area contributed by atoms with Crippen LogP contribution in [0.5, 0.6) is 17.2 Å². The number of carbonyl (C=O) groups excluding carboxylic acids is 1. The highest BCUT2D eigenvalue weighted by Gasteiger charge is 2.21. The maximum absolute atomic E-state index is 12.3. The van der Waals surface area contributed by atoms with E-state index in [-0.39, 0.29) is 18.6 Å². The zero-order valence-corrected chi connectivity index (χ0v) is 27.2. The second kappa shape index (κ2) is 14.8. The summed E-state index contributed by atoms with van der Waals surface area (Å²) in [4.78, 5) is 12.3. The fraction of sp³-hybridized carbons (Fsp3) is 0.435. The average Bonchev–Trinajstić information content (AvgIpc) is 2.75. The number of hydrogen-bond acceptors (Lipinski definition) is 6. The van der Waals surface area contributed by atoms with Crippen molar-refractivity contribution >= 4 is 96.3 Å². The van der Waals surface area contributed by atoms with Crippen LogP contribution in [0.3, 0.4) is 0 Å². The summed E-state index contributed by atoms with van der Waals surface area (Å²) in [5.41, 5.74) is 1.04. The Labute approximate surface area is 249 Å². The van der Waals surface area contributed by atoms with Gasteiger partial charge in [0, 0.05) is 0 Å². The van der Waals surface area contributed by atoms with Crippen molar-refractivity contribution in [1.29, 1.82) is 0 Å². The standard InChI is InChI=1S/C23H27I4NO5/c1-4-14(29)12-32-21-18(26)10-15(11-19(21)27)33-22-16(24)7-13(8-17(22)25)9-20(28-5-2)23(30)31-6-3/h7-8,10-11,14,20,28-29H,4-6,9,12H2,1-3H3. The minimum atomic E-state index is -0.481. The molecule has 0 heterocycles. The number of nitrogens with one attached hydrogen (secondary N) is 1. The van der Waals surface area contributed by atoms with Gasteiger partial charge in [0.25, 0.3) is 0 Å². The normalized spacial score (nSPS) is 12.8. The third-order valence-electron chi connectivity index (χ3n) is 4.60. The smallest absolute Gasteiger partial charge is 0.323 e. The van der Waals surface area contributed by atoms with E-state index >= 15 is 0 Å². The Bertz CT molecular complexity index is 910. The molecule has 0 saturated heterocycles. The van der Waals surface area contributed by atoms with Crippen molar-refractivity contribution in [3.8, 4) is 17.2 Å². The summed E-state index contributed by atoms with van der Waals surface area (Å²) in [5, 5.41) is 13.0. The summed E-state index contributed by atoms with van der Waals surface area (Å²) < 4.78 is 21.0. The third kappa shape index (κ3) is 9.06. The Kier molecular flexibility index (Phi) is 13.3. The van der Waals surface area contributed by atoms with Gasteiger partial charge in [-0.15, -0.1) is 0 Å². The summed E-state index contributed by atoms with van der Waals surface area (Å²) in [6.07, 6.45) is 0.714. The highest BCUT2D eigenvalue weighted by molar-refractivity contribution is 14.1. The summed E-state index contributed by atoms with van der Waals surface area (Å²) in [7, 11) is 0. The van der Waals surface area contributed by atoms with Gasteiger partial charge in [-0.3, -0.25) is 4.79 Å². The van der Waals surface area contributed by atoms with Crippen molar-refractivity contribution in [3.63, 3.8) is 0 Å². The molecule has 0 amide bonds. The van der Waals surface area contributed by atoms with Crippen molar-refractivity contribution < 1.29 is 24.1 Å². The first kappa shape index (κ1) is 29.6. The van der Waals surface area contributed by atoms with Crippen LogP contribution in [-0.4, -0.2) is 43.0 Å². The van der Waals surface area contributed by atoms with Gasteiger partial charge in [0.2, 0.25) is 0 Å². The molecule has 6 nitrogen and oxygen atoms in total. The number of aliphatic hydroxyl groups is 1. The predicted octanol–water partition coefficient (Wildman–Crippen LogP) is 6.13. The van der Waals surface area contributed by atoms with Crippen LogP contribution in [0.25, 0.3) is 0 Å². The summed E-state index contributed by atoms with van der Waals surface area (Å²) in [5.74, 6) is 2.01. The van der Waals surface area contributed by atoms with E-state index in [9.17, 15) is 9.90 Å². The van der Waals surface area contributed by atoms with E-state index in [1.807, 2.05) is 45.0 Å². The largest absolute Gasteiger partial charge is 0.489 e. The highest BCUT2D eigenvalue weighted by atomic mass is 127. The fourth-order valence-electron chi connectivity index (χ4n) is 2.94. The molecule has 0 aliphatic carbocycles. The van der Waals surface area contributed by atoms with E-state index in [2.05, 4.69) is 95.7 Å². The number of ether oxygens (including phenoxy) is 3. The lowest BCUT2D eigenvalue weighted by atomic mass is 10.1. The number of aliphatic hydroxyl groups excluding tert-OH is 1. The van der Waals surface area contributed by atoms with Crippen molar-refractivity contribution in [2.24, 2.45) is 0 Å². The molecule has 33 heavy (non-hydrogen) atoms. The molecule has 10 heteroatoms. The number of likely N-dealkylation sites (N-methyl/N-ethyl adjacent to an activating group) is 1. The van der Waals surface area contributed by atoms with Crippen LogP contribution in [0.2, 0.25) is 0 Å². The van der Waals surface area contributed by atoms with E-state index < -0.39 is 6.10 Å². The quantitative estimate of drug-likeness (QED) is 0.198.